The highest BCUT2D eigenvalue weighted by Crippen LogP contribution is 2.35. The molecule has 0 spiro atoms. The van der Waals surface area contributed by atoms with Gasteiger partial charge in [-0.1, -0.05) is 18.2 Å². The average Bonchev–Trinajstić information content (AvgIpc) is 2.69. The van der Waals surface area contributed by atoms with E-state index in [0.717, 1.165) is 44.3 Å². The second kappa shape index (κ2) is 7.45. The van der Waals surface area contributed by atoms with Crippen molar-refractivity contribution < 1.29 is 9.53 Å². The molecule has 2 aromatic rings. The Kier molecular flexibility index (Phi) is 4.90. The zero-order chi connectivity index (χ0) is 17.1. The molecule has 1 saturated heterocycles. The third-order valence-electron chi connectivity index (χ3n) is 4.61. The van der Waals surface area contributed by atoms with Crippen molar-refractivity contribution in [1.82, 2.24) is 10.3 Å². The third kappa shape index (κ3) is 3.65. The number of hydrogen-bond acceptors (Lipinski definition) is 5. The molecular formula is C19H21N3O2S. The molecule has 1 fully saturated rings. The molecule has 0 bridgehead atoms. The zero-order valence-corrected chi connectivity index (χ0v) is 14.8. The maximum atomic E-state index is 12.6. The number of thioether (sulfide) groups is 1. The number of anilines is 1. The molecule has 0 radical (unpaired) electrons. The van der Waals surface area contributed by atoms with Crippen LogP contribution < -0.4 is 10.2 Å². The summed E-state index contributed by atoms with van der Waals surface area (Å²) >= 11 is 1.85. The van der Waals surface area contributed by atoms with E-state index in [2.05, 4.69) is 27.3 Å². The van der Waals surface area contributed by atoms with Gasteiger partial charge >= 0.3 is 0 Å². The van der Waals surface area contributed by atoms with Gasteiger partial charge in [0.2, 0.25) is 0 Å². The number of amides is 1. The normalized spacial score (nSPS) is 20.0. The third-order valence-corrected chi connectivity index (χ3v) is 5.73. The van der Waals surface area contributed by atoms with Crippen LogP contribution >= 0.6 is 11.8 Å². The van der Waals surface area contributed by atoms with E-state index >= 15 is 0 Å². The number of benzene rings is 1. The predicted molar refractivity (Wildman–Crippen MR) is 99.3 cm³/mol. The Morgan fingerprint density at radius 1 is 1.20 bits per heavy atom. The van der Waals surface area contributed by atoms with Crippen LogP contribution in [-0.4, -0.2) is 42.9 Å². The van der Waals surface area contributed by atoms with Gasteiger partial charge in [0.1, 0.15) is 5.82 Å². The van der Waals surface area contributed by atoms with E-state index in [-0.39, 0.29) is 11.9 Å². The van der Waals surface area contributed by atoms with E-state index in [9.17, 15) is 4.79 Å². The first-order valence-corrected chi connectivity index (χ1v) is 9.61. The Labute approximate surface area is 151 Å². The van der Waals surface area contributed by atoms with Crippen LogP contribution in [0.4, 0.5) is 5.82 Å². The maximum absolute atomic E-state index is 12.6. The number of pyridine rings is 1. The highest BCUT2D eigenvalue weighted by molar-refractivity contribution is 7.99. The lowest BCUT2D eigenvalue weighted by Gasteiger charge is -2.28. The molecule has 0 saturated carbocycles. The largest absolute Gasteiger partial charge is 0.378 e. The van der Waals surface area contributed by atoms with Crippen molar-refractivity contribution in [2.24, 2.45) is 0 Å². The number of fused-ring (bicyclic) bond motifs is 1. The Bertz CT molecular complexity index is 745. The number of morpholine rings is 1. The highest BCUT2D eigenvalue weighted by Gasteiger charge is 2.22. The Morgan fingerprint density at radius 2 is 2.04 bits per heavy atom. The first-order valence-electron chi connectivity index (χ1n) is 8.62. The van der Waals surface area contributed by atoms with Crippen molar-refractivity contribution in [2.75, 3.05) is 37.0 Å². The summed E-state index contributed by atoms with van der Waals surface area (Å²) in [6.45, 7) is 3.14. The first kappa shape index (κ1) is 16.4. The van der Waals surface area contributed by atoms with E-state index in [4.69, 9.17) is 4.74 Å². The van der Waals surface area contributed by atoms with Gasteiger partial charge in [-0.15, -0.1) is 11.8 Å². The molecule has 0 unspecified atom stereocenters. The van der Waals surface area contributed by atoms with Crippen LogP contribution in [0, 0.1) is 0 Å². The molecule has 25 heavy (non-hydrogen) atoms. The van der Waals surface area contributed by atoms with Gasteiger partial charge in [-0.3, -0.25) is 4.79 Å². The predicted octanol–water partition coefficient (Wildman–Crippen LogP) is 2.89. The van der Waals surface area contributed by atoms with Crippen molar-refractivity contribution >= 4 is 23.5 Å². The summed E-state index contributed by atoms with van der Waals surface area (Å²) in [5.74, 6) is 1.86. The van der Waals surface area contributed by atoms with Gasteiger partial charge < -0.3 is 15.0 Å². The molecule has 1 amide bonds. The number of nitrogens with one attached hydrogen (secondary N) is 1. The summed E-state index contributed by atoms with van der Waals surface area (Å²) in [6.07, 6.45) is 2.62. The van der Waals surface area contributed by atoms with Crippen molar-refractivity contribution in [3.63, 3.8) is 0 Å². The van der Waals surface area contributed by atoms with Crippen molar-refractivity contribution in [2.45, 2.75) is 17.4 Å². The number of nitrogens with zero attached hydrogens (tertiary/aromatic N) is 2. The summed E-state index contributed by atoms with van der Waals surface area (Å²) in [7, 11) is 0. The van der Waals surface area contributed by atoms with E-state index in [1.165, 1.54) is 10.5 Å². The Hall–Kier alpha value is -2.05. The minimum Gasteiger partial charge on any atom is -0.378 e. The molecule has 0 aliphatic carbocycles. The minimum atomic E-state index is -0.0623. The number of ether oxygens (including phenoxy) is 1. The lowest BCUT2D eigenvalue weighted by Crippen LogP contribution is -2.36. The molecule has 4 rings (SSSR count). The Morgan fingerprint density at radius 3 is 2.84 bits per heavy atom. The van der Waals surface area contributed by atoms with E-state index in [0.29, 0.717) is 5.56 Å². The molecule has 1 atom stereocenters. The zero-order valence-electron chi connectivity index (χ0n) is 14.0. The van der Waals surface area contributed by atoms with Gasteiger partial charge in [-0.05, 0) is 30.2 Å². The molecule has 3 heterocycles. The van der Waals surface area contributed by atoms with E-state index in [1.807, 2.05) is 36.0 Å². The molecule has 130 valence electrons. The topological polar surface area (TPSA) is 54.5 Å². The van der Waals surface area contributed by atoms with Gasteiger partial charge in [-0.2, -0.15) is 0 Å². The number of carbonyl (C=O) groups is 1. The van der Waals surface area contributed by atoms with Crippen LogP contribution in [0.2, 0.25) is 0 Å². The van der Waals surface area contributed by atoms with Gasteiger partial charge in [-0.25, -0.2) is 4.98 Å². The molecule has 6 heteroatoms. The van der Waals surface area contributed by atoms with Gasteiger partial charge in [0.05, 0.1) is 24.8 Å². The quantitative estimate of drug-likeness (QED) is 0.917. The van der Waals surface area contributed by atoms with Crippen LogP contribution in [0.5, 0.6) is 0 Å². The molecule has 5 nitrogen and oxygen atoms in total. The van der Waals surface area contributed by atoms with E-state index in [1.54, 1.807) is 6.20 Å². The first-order chi connectivity index (χ1) is 12.3. The average molecular weight is 355 g/mol. The second-order valence-corrected chi connectivity index (χ2v) is 7.34. The van der Waals surface area contributed by atoms with Crippen molar-refractivity contribution in [3.8, 4) is 0 Å². The van der Waals surface area contributed by atoms with Gasteiger partial charge in [0.25, 0.3) is 5.91 Å². The van der Waals surface area contributed by atoms with Gasteiger partial charge in [0.15, 0.2) is 0 Å². The number of carbonyl (C=O) groups excluding carboxylic acids is 1. The van der Waals surface area contributed by atoms with Crippen LogP contribution in [0.3, 0.4) is 0 Å². The Balaban J connectivity index is 1.45. The maximum Gasteiger partial charge on any atom is 0.253 e. The minimum absolute atomic E-state index is 0.0623. The van der Waals surface area contributed by atoms with E-state index < -0.39 is 0 Å². The molecule has 1 aromatic heterocycles. The van der Waals surface area contributed by atoms with Crippen molar-refractivity contribution in [3.05, 3.63) is 53.7 Å². The molecule has 2 aliphatic heterocycles. The van der Waals surface area contributed by atoms with Crippen LogP contribution in [0.15, 0.2) is 47.5 Å². The lowest BCUT2D eigenvalue weighted by atomic mass is 10.0. The van der Waals surface area contributed by atoms with Crippen LogP contribution in [-0.2, 0) is 4.74 Å². The van der Waals surface area contributed by atoms with Crippen LogP contribution in [0.1, 0.15) is 28.4 Å². The smallest absolute Gasteiger partial charge is 0.253 e. The summed E-state index contributed by atoms with van der Waals surface area (Å²) < 4.78 is 5.36. The van der Waals surface area contributed by atoms with Crippen molar-refractivity contribution in [1.29, 1.82) is 0 Å². The monoisotopic (exact) mass is 355 g/mol. The van der Waals surface area contributed by atoms with Crippen LogP contribution in [0.25, 0.3) is 0 Å². The lowest BCUT2D eigenvalue weighted by molar-refractivity contribution is 0.0934. The fourth-order valence-corrected chi connectivity index (χ4v) is 4.36. The summed E-state index contributed by atoms with van der Waals surface area (Å²) in [5, 5.41) is 3.16. The summed E-state index contributed by atoms with van der Waals surface area (Å²) in [5.41, 5.74) is 1.82. The molecule has 2 aliphatic rings. The fraction of sp³-hybridized carbons (Fsp3) is 0.368. The number of aromatic nitrogens is 1. The highest BCUT2D eigenvalue weighted by atomic mass is 32.2. The SMILES string of the molecule is O=C(N[C@@H]1CCSc2ccccc21)c1ccc(N2CCOCC2)nc1. The van der Waals surface area contributed by atoms with Gasteiger partial charge in [0, 0.05) is 29.9 Å². The number of rotatable bonds is 3. The fourth-order valence-electron chi connectivity index (χ4n) is 3.23. The summed E-state index contributed by atoms with van der Waals surface area (Å²) in [6, 6.07) is 12.2. The molecule has 1 N–H and O–H groups in total. The molecular weight excluding hydrogens is 334 g/mol. The standard InChI is InChI=1S/C19H21N3O2S/c23-19(21-16-7-12-25-17-4-2-1-3-15(16)17)14-5-6-18(20-13-14)22-8-10-24-11-9-22/h1-6,13,16H,7-12H2,(H,21,23)/t16-/m1/s1. The summed E-state index contributed by atoms with van der Waals surface area (Å²) in [4.78, 5) is 20.5. The second-order valence-electron chi connectivity index (χ2n) is 6.21. The number of hydrogen-bond donors (Lipinski definition) is 1. The molecule has 1 aromatic carbocycles.